The van der Waals surface area contributed by atoms with Crippen LogP contribution in [0.15, 0.2) is 47.3 Å². The number of nitrogens with zero attached hydrogens (tertiary/aromatic N) is 5. The van der Waals surface area contributed by atoms with Gasteiger partial charge in [0.2, 0.25) is 11.7 Å². The van der Waals surface area contributed by atoms with E-state index in [1.807, 2.05) is 10.5 Å². The maximum Gasteiger partial charge on any atom is 0.262 e. The molecule has 3 heterocycles. The third-order valence-corrected chi connectivity index (χ3v) is 5.31. The van der Waals surface area contributed by atoms with Crippen molar-refractivity contribution in [2.45, 2.75) is 13.0 Å². The number of anilines is 1. The van der Waals surface area contributed by atoms with Gasteiger partial charge in [0.25, 0.3) is 5.56 Å². The van der Waals surface area contributed by atoms with Gasteiger partial charge < -0.3 is 4.90 Å². The van der Waals surface area contributed by atoms with Gasteiger partial charge in [-0.05, 0) is 35.7 Å². The SMILES string of the molecule is Cn1c(=O)c2cc(Cl)ccc2n2c(N3CCc4ccccc4C3)nnc12. The molecule has 0 bridgehead atoms. The molecule has 7 heteroatoms. The van der Waals surface area contributed by atoms with Crippen LogP contribution in [0.5, 0.6) is 0 Å². The highest BCUT2D eigenvalue weighted by atomic mass is 35.5. The van der Waals surface area contributed by atoms with E-state index < -0.39 is 0 Å². The topological polar surface area (TPSA) is 55.4 Å². The van der Waals surface area contributed by atoms with Crippen molar-refractivity contribution in [3.05, 3.63) is 69.0 Å². The molecule has 2 aromatic heterocycles. The molecule has 0 saturated heterocycles. The molecule has 130 valence electrons. The smallest absolute Gasteiger partial charge is 0.262 e. The zero-order valence-corrected chi connectivity index (χ0v) is 14.9. The highest BCUT2D eigenvalue weighted by Crippen LogP contribution is 2.26. The average molecular weight is 366 g/mol. The molecule has 0 radical (unpaired) electrons. The van der Waals surface area contributed by atoms with Crippen LogP contribution in [0.2, 0.25) is 5.02 Å². The molecule has 0 N–H and O–H groups in total. The van der Waals surface area contributed by atoms with Crippen molar-refractivity contribution < 1.29 is 0 Å². The average Bonchev–Trinajstić information content (AvgIpc) is 3.11. The fourth-order valence-corrected chi connectivity index (χ4v) is 3.89. The number of hydrogen-bond acceptors (Lipinski definition) is 4. The Kier molecular flexibility index (Phi) is 3.30. The second-order valence-electron chi connectivity index (χ2n) is 6.60. The Labute approximate surface area is 154 Å². The highest BCUT2D eigenvalue weighted by molar-refractivity contribution is 6.31. The number of aryl methyl sites for hydroxylation is 1. The fraction of sp³-hybridized carbons (Fsp3) is 0.211. The lowest BCUT2D eigenvalue weighted by molar-refractivity contribution is 0.704. The monoisotopic (exact) mass is 365 g/mol. The van der Waals surface area contributed by atoms with Gasteiger partial charge in [0.05, 0.1) is 10.9 Å². The van der Waals surface area contributed by atoms with Crippen LogP contribution in [-0.4, -0.2) is 25.7 Å². The summed E-state index contributed by atoms with van der Waals surface area (Å²) in [5, 5.41) is 9.80. The third kappa shape index (κ3) is 2.15. The predicted octanol–water partition coefficient (Wildman–Crippen LogP) is 2.80. The van der Waals surface area contributed by atoms with Gasteiger partial charge >= 0.3 is 0 Å². The first kappa shape index (κ1) is 15.4. The molecule has 0 atom stereocenters. The first-order chi connectivity index (χ1) is 12.6. The fourth-order valence-electron chi connectivity index (χ4n) is 3.72. The number of benzene rings is 2. The molecule has 4 aromatic rings. The van der Waals surface area contributed by atoms with E-state index in [1.54, 1.807) is 19.2 Å². The molecule has 6 nitrogen and oxygen atoms in total. The van der Waals surface area contributed by atoms with Crippen molar-refractivity contribution >= 4 is 34.2 Å². The lowest BCUT2D eigenvalue weighted by Crippen LogP contribution is -2.32. The molecule has 1 aliphatic rings. The van der Waals surface area contributed by atoms with Gasteiger partial charge in [0.1, 0.15) is 0 Å². The van der Waals surface area contributed by atoms with E-state index in [0.29, 0.717) is 16.2 Å². The van der Waals surface area contributed by atoms with Crippen LogP contribution in [0.4, 0.5) is 5.95 Å². The molecule has 2 aromatic carbocycles. The van der Waals surface area contributed by atoms with E-state index in [0.717, 1.165) is 31.0 Å². The summed E-state index contributed by atoms with van der Waals surface area (Å²) in [5.41, 5.74) is 3.32. The van der Waals surface area contributed by atoms with Crippen molar-refractivity contribution in [3.8, 4) is 0 Å². The quantitative estimate of drug-likeness (QED) is 0.520. The summed E-state index contributed by atoms with van der Waals surface area (Å²) in [7, 11) is 1.71. The number of hydrogen-bond donors (Lipinski definition) is 0. The highest BCUT2D eigenvalue weighted by Gasteiger charge is 2.23. The Morgan fingerprint density at radius 2 is 1.88 bits per heavy atom. The minimum absolute atomic E-state index is 0.127. The minimum atomic E-state index is -0.127. The van der Waals surface area contributed by atoms with Gasteiger partial charge in [-0.2, -0.15) is 0 Å². The van der Waals surface area contributed by atoms with Gasteiger partial charge in [0, 0.05) is 25.2 Å². The van der Waals surface area contributed by atoms with Crippen molar-refractivity contribution in [1.82, 2.24) is 19.2 Å². The molecule has 5 rings (SSSR count). The molecule has 0 fully saturated rings. The van der Waals surface area contributed by atoms with Gasteiger partial charge in [0.15, 0.2) is 0 Å². The van der Waals surface area contributed by atoms with Crippen LogP contribution in [0.3, 0.4) is 0 Å². The third-order valence-electron chi connectivity index (χ3n) is 5.08. The minimum Gasteiger partial charge on any atom is -0.336 e. The summed E-state index contributed by atoms with van der Waals surface area (Å²) < 4.78 is 3.47. The predicted molar refractivity (Wildman–Crippen MR) is 102 cm³/mol. The lowest BCUT2D eigenvalue weighted by atomic mass is 10.0. The standard InChI is InChI=1S/C19H16ClN5O/c1-23-17(26)15-10-14(20)6-7-16(15)25-18(23)21-22-19(25)24-9-8-12-4-2-3-5-13(12)11-24/h2-7,10H,8-9,11H2,1H3. The Morgan fingerprint density at radius 1 is 1.08 bits per heavy atom. The molecule has 0 amide bonds. The van der Waals surface area contributed by atoms with Crippen molar-refractivity contribution in [2.75, 3.05) is 11.4 Å². The second-order valence-corrected chi connectivity index (χ2v) is 7.04. The molecule has 0 spiro atoms. The van der Waals surface area contributed by atoms with Crippen LogP contribution in [0.25, 0.3) is 16.7 Å². The van der Waals surface area contributed by atoms with Crippen LogP contribution in [-0.2, 0) is 20.0 Å². The van der Waals surface area contributed by atoms with E-state index in [2.05, 4.69) is 39.4 Å². The summed E-state index contributed by atoms with van der Waals surface area (Å²) >= 11 is 6.11. The number of fused-ring (bicyclic) bond motifs is 4. The molecular weight excluding hydrogens is 350 g/mol. The van der Waals surface area contributed by atoms with Crippen LogP contribution in [0, 0.1) is 0 Å². The normalized spacial score (nSPS) is 14.2. The zero-order valence-electron chi connectivity index (χ0n) is 14.2. The van der Waals surface area contributed by atoms with Crippen molar-refractivity contribution in [2.24, 2.45) is 7.05 Å². The van der Waals surface area contributed by atoms with E-state index in [4.69, 9.17) is 11.6 Å². The molecule has 0 unspecified atom stereocenters. The Bertz CT molecular complexity index is 1230. The first-order valence-electron chi connectivity index (χ1n) is 8.48. The lowest BCUT2D eigenvalue weighted by Gasteiger charge is -2.28. The summed E-state index contributed by atoms with van der Waals surface area (Å²) in [6, 6.07) is 13.8. The Hall–Kier alpha value is -2.86. The van der Waals surface area contributed by atoms with Gasteiger partial charge in [-0.3, -0.25) is 9.36 Å². The Balaban J connectivity index is 1.75. The molecule has 26 heavy (non-hydrogen) atoms. The van der Waals surface area contributed by atoms with E-state index in [1.165, 1.54) is 15.7 Å². The number of rotatable bonds is 1. The molecule has 0 saturated carbocycles. The number of halogens is 1. The maximum atomic E-state index is 12.7. The molecular formula is C19H16ClN5O. The maximum absolute atomic E-state index is 12.7. The number of aromatic nitrogens is 4. The van der Waals surface area contributed by atoms with Crippen LogP contribution in [0.1, 0.15) is 11.1 Å². The van der Waals surface area contributed by atoms with Crippen LogP contribution >= 0.6 is 11.6 Å². The summed E-state index contributed by atoms with van der Waals surface area (Å²) in [4.78, 5) is 14.9. The summed E-state index contributed by atoms with van der Waals surface area (Å²) in [6.07, 6.45) is 0.959. The largest absolute Gasteiger partial charge is 0.336 e. The first-order valence-corrected chi connectivity index (χ1v) is 8.86. The Morgan fingerprint density at radius 3 is 2.73 bits per heavy atom. The van der Waals surface area contributed by atoms with Gasteiger partial charge in [-0.25, -0.2) is 4.40 Å². The van der Waals surface area contributed by atoms with Crippen molar-refractivity contribution in [3.63, 3.8) is 0 Å². The second kappa shape index (κ2) is 5.57. The van der Waals surface area contributed by atoms with E-state index >= 15 is 0 Å². The van der Waals surface area contributed by atoms with Gasteiger partial charge in [-0.15, -0.1) is 10.2 Å². The van der Waals surface area contributed by atoms with Crippen molar-refractivity contribution in [1.29, 1.82) is 0 Å². The molecule has 1 aliphatic heterocycles. The van der Waals surface area contributed by atoms with Gasteiger partial charge in [-0.1, -0.05) is 35.9 Å². The summed E-state index contributed by atoms with van der Waals surface area (Å²) in [6.45, 7) is 1.63. The zero-order chi connectivity index (χ0) is 17.8. The summed E-state index contributed by atoms with van der Waals surface area (Å²) in [5.74, 6) is 1.27. The van der Waals surface area contributed by atoms with E-state index in [9.17, 15) is 4.79 Å². The van der Waals surface area contributed by atoms with Crippen LogP contribution < -0.4 is 10.5 Å². The van der Waals surface area contributed by atoms with E-state index in [-0.39, 0.29) is 5.56 Å². The molecule has 0 aliphatic carbocycles.